The van der Waals surface area contributed by atoms with Gasteiger partial charge in [0.1, 0.15) is 6.04 Å². The molecule has 4 nitrogen and oxygen atoms in total. The molecular weight excluding hydrogens is 344 g/mol. The van der Waals surface area contributed by atoms with Crippen molar-refractivity contribution in [2.45, 2.75) is 18.9 Å². The molecule has 1 unspecified atom stereocenters. The molecular formula is C14H16BrClN2O2. The number of carbonyl (C=O) groups excluding carboxylic acids is 2. The van der Waals surface area contributed by atoms with Crippen LogP contribution >= 0.6 is 27.5 Å². The minimum atomic E-state index is -0.382. The van der Waals surface area contributed by atoms with Gasteiger partial charge < -0.3 is 9.80 Å². The van der Waals surface area contributed by atoms with Crippen LogP contribution in [0.3, 0.4) is 0 Å². The Balaban J connectivity index is 2.28. The molecule has 0 saturated carbocycles. The molecule has 1 aromatic rings. The van der Waals surface area contributed by atoms with Crippen molar-refractivity contribution in [2.24, 2.45) is 0 Å². The Labute approximate surface area is 131 Å². The molecule has 1 aliphatic rings. The Morgan fingerprint density at radius 1 is 1.40 bits per heavy atom. The van der Waals surface area contributed by atoms with E-state index in [0.29, 0.717) is 23.6 Å². The van der Waals surface area contributed by atoms with Crippen LogP contribution in [-0.2, 0) is 4.79 Å². The van der Waals surface area contributed by atoms with Gasteiger partial charge in [-0.05, 0) is 31.0 Å². The summed E-state index contributed by atoms with van der Waals surface area (Å²) in [7, 11) is 3.41. The summed E-state index contributed by atoms with van der Waals surface area (Å²) in [4.78, 5) is 27.9. The van der Waals surface area contributed by atoms with E-state index in [0.717, 1.165) is 10.9 Å². The Kier molecular flexibility index (Phi) is 4.70. The molecule has 1 heterocycles. The maximum atomic E-state index is 12.6. The largest absolute Gasteiger partial charge is 0.347 e. The van der Waals surface area contributed by atoms with Gasteiger partial charge in [0.25, 0.3) is 5.91 Å². The van der Waals surface area contributed by atoms with E-state index in [1.165, 1.54) is 4.90 Å². The van der Waals surface area contributed by atoms with Crippen LogP contribution in [0.25, 0.3) is 0 Å². The van der Waals surface area contributed by atoms with E-state index in [9.17, 15) is 9.59 Å². The third kappa shape index (κ3) is 2.99. The first-order chi connectivity index (χ1) is 9.41. The quantitative estimate of drug-likeness (QED) is 0.815. The molecule has 108 valence electrons. The van der Waals surface area contributed by atoms with E-state index in [2.05, 4.69) is 15.9 Å². The number of hydrogen-bond acceptors (Lipinski definition) is 2. The standard InChI is InChI=1S/C14H16BrClN2O2/c1-17(2)14(20)12-4-3-7-18(12)13(19)10-8-9(15)5-6-11(10)16/h5-6,8,12H,3-4,7H2,1-2H3. The third-order valence-electron chi connectivity index (χ3n) is 3.40. The highest BCUT2D eigenvalue weighted by Gasteiger charge is 2.35. The fourth-order valence-electron chi connectivity index (χ4n) is 2.38. The summed E-state index contributed by atoms with van der Waals surface area (Å²) in [6.45, 7) is 0.589. The highest BCUT2D eigenvalue weighted by atomic mass is 79.9. The maximum Gasteiger partial charge on any atom is 0.256 e. The molecule has 0 N–H and O–H groups in total. The number of nitrogens with zero attached hydrogens (tertiary/aromatic N) is 2. The Bertz CT molecular complexity index is 548. The van der Waals surface area contributed by atoms with Gasteiger partial charge in [-0.25, -0.2) is 0 Å². The van der Waals surface area contributed by atoms with Crippen molar-refractivity contribution >= 4 is 39.3 Å². The summed E-state index contributed by atoms with van der Waals surface area (Å²) in [5, 5.41) is 0.404. The van der Waals surface area contributed by atoms with Gasteiger partial charge in [0.15, 0.2) is 0 Å². The van der Waals surface area contributed by atoms with Crippen molar-refractivity contribution in [3.8, 4) is 0 Å². The lowest BCUT2D eigenvalue weighted by atomic mass is 10.1. The predicted molar refractivity (Wildman–Crippen MR) is 81.9 cm³/mol. The van der Waals surface area contributed by atoms with E-state index in [4.69, 9.17) is 11.6 Å². The molecule has 2 rings (SSSR count). The molecule has 1 saturated heterocycles. The number of halogens is 2. The smallest absolute Gasteiger partial charge is 0.256 e. The fraction of sp³-hybridized carbons (Fsp3) is 0.429. The molecule has 0 aromatic heterocycles. The van der Waals surface area contributed by atoms with Gasteiger partial charge in [-0.3, -0.25) is 9.59 Å². The summed E-state index contributed by atoms with van der Waals surface area (Å²) < 4.78 is 0.792. The van der Waals surface area contributed by atoms with Gasteiger partial charge in [0.05, 0.1) is 10.6 Å². The van der Waals surface area contributed by atoms with Crippen molar-refractivity contribution in [1.82, 2.24) is 9.80 Å². The zero-order chi connectivity index (χ0) is 14.9. The van der Waals surface area contributed by atoms with Gasteiger partial charge in [-0.2, -0.15) is 0 Å². The van der Waals surface area contributed by atoms with E-state index in [1.54, 1.807) is 37.2 Å². The van der Waals surface area contributed by atoms with E-state index in [-0.39, 0.29) is 17.9 Å². The molecule has 1 atom stereocenters. The van der Waals surface area contributed by atoms with Crippen LogP contribution in [0.1, 0.15) is 23.2 Å². The van der Waals surface area contributed by atoms with Crippen molar-refractivity contribution in [2.75, 3.05) is 20.6 Å². The monoisotopic (exact) mass is 358 g/mol. The van der Waals surface area contributed by atoms with E-state index in [1.807, 2.05) is 0 Å². The van der Waals surface area contributed by atoms with Crippen molar-refractivity contribution in [3.05, 3.63) is 33.3 Å². The SMILES string of the molecule is CN(C)C(=O)C1CCCN1C(=O)c1cc(Br)ccc1Cl. The number of carbonyl (C=O) groups is 2. The van der Waals surface area contributed by atoms with Gasteiger partial charge >= 0.3 is 0 Å². The van der Waals surface area contributed by atoms with Crippen LogP contribution in [0.4, 0.5) is 0 Å². The molecule has 0 radical (unpaired) electrons. The number of likely N-dealkylation sites (tertiary alicyclic amines) is 1. The third-order valence-corrected chi connectivity index (χ3v) is 4.22. The second-order valence-corrected chi connectivity index (χ2v) is 6.34. The lowest BCUT2D eigenvalue weighted by Crippen LogP contribution is -2.45. The molecule has 20 heavy (non-hydrogen) atoms. The first-order valence-electron chi connectivity index (χ1n) is 6.39. The minimum absolute atomic E-state index is 0.0398. The average Bonchev–Trinajstić information content (AvgIpc) is 2.88. The van der Waals surface area contributed by atoms with Crippen LogP contribution in [0.2, 0.25) is 5.02 Å². The molecule has 0 spiro atoms. The summed E-state index contributed by atoms with van der Waals surface area (Å²) in [6, 6.07) is 4.77. The summed E-state index contributed by atoms with van der Waals surface area (Å²) in [5.74, 6) is -0.226. The molecule has 2 amide bonds. The minimum Gasteiger partial charge on any atom is -0.347 e. The molecule has 1 aliphatic heterocycles. The Morgan fingerprint density at radius 3 is 2.75 bits per heavy atom. The van der Waals surface area contributed by atoms with Gasteiger partial charge in [0, 0.05) is 25.1 Å². The van der Waals surface area contributed by atoms with Gasteiger partial charge in [0.2, 0.25) is 5.91 Å². The summed E-state index contributed by atoms with van der Waals surface area (Å²) in [5.41, 5.74) is 0.430. The highest BCUT2D eigenvalue weighted by molar-refractivity contribution is 9.10. The van der Waals surface area contributed by atoms with Crippen LogP contribution in [-0.4, -0.2) is 48.3 Å². The predicted octanol–water partition coefficient (Wildman–Crippen LogP) is 2.80. The van der Waals surface area contributed by atoms with E-state index >= 15 is 0 Å². The second-order valence-electron chi connectivity index (χ2n) is 5.01. The molecule has 6 heteroatoms. The van der Waals surface area contributed by atoms with Crippen LogP contribution in [0, 0.1) is 0 Å². The van der Waals surface area contributed by atoms with Crippen molar-refractivity contribution < 1.29 is 9.59 Å². The normalized spacial score (nSPS) is 18.2. The Morgan fingerprint density at radius 2 is 2.10 bits per heavy atom. The molecule has 1 aromatic carbocycles. The first-order valence-corrected chi connectivity index (χ1v) is 7.56. The Hall–Kier alpha value is -1.07. The fourth-order valence-corrected chi connectivity index (χ4v) is 2.94. The van der Waals surface area contributed by atoms with E-state index < -0.39 is 0 Å². The summed E-state index contributed by atoms with van der Waals surface area (Å²) >= 11 is 9.43. The number of benzene rings is 1. The summed E-state index contributed by atoms with van der Waals surface area (Å²) in [6.07, 6.45) is 1.54. The number of amides is 2. The van der Waals surface area contributed by atoms with Gasteiger partial charge in [-0.1, -0.05) is 27.5 Å². The van der Waals surface area contributed by atoms with Crippen molar-refractivity contribution in [3.63, 3.8) is 0 Å². The molecule has 1 fully saturated rings. The van der Waals surface area contributed by atoms with Crippen LogP contribution < -0.4 is 0 Å². The van der Waals surface area contributed by atoms with Gasteiger partial charge in [-0.15, -0.1) is 0 Å². The van der Waals surface area contributed by atoms with Crippen LogP contribution in [0.5, 0.6) is 0 Å². The first kappa shape index (κ1) is 15.3. The zero-order valence-electron chi connectivity index (χ0n) is 11.4. The zero-order valence-corrected chi connectivity index (χ0v) is 13.7. The van der Waals surface area contributed by atoms with Crippen molar-refractivity contribution in [1.29, 1.82) is 0 Å². The molecule has 0 bridgehead atoms. The maximum absolute atomic E-state index is 12.6. The number of likely N-dealkylation sites (N-methyl/N-ethyl adjacent to an activating group) is 1. The van der Waals surface area contributed by atoms with Crippen LogP contribution in [0.15, 0.2) is 22.7 Å². The number of rotatable bonds is 2. The number of hydrogen-bond donors (Lipinski definition) is 0. The lowest BCUT2D eigenvalue weighted by Gasteiger charge is -2.26. The second kappa shape index (κ2) is 6.14. The molecule has 0 aliphatic carbocycles. The average molecular weight is 360 g/mol. The highest BCUT2D eigenvalue weighted by Crippen LogP contribution is 2.26. The lowest BCUT2D eigenvalue weighted by molar-refractivity contribution is -0.132. The topological polar surface area (TPSA) is 40.6 Å².